The molecule has 1 aliphatic heterocycles. The zero-order valence-electron chi connectivity index (χ0n) is 12.2. The third kappa shape index (κ3) is 2.72. The molecule has 0 radical (unpaired) electrons. The number of carbonyl (C=O) groups excluding carboxylic acids is 1. The molecule has 0 bridgehead atoms. The van der Waals surface area contributed by atoms with E-state index in [1.165, 1.54) is 6.07 Å². The van der Waals surface area contributed by atoms with E-state index in [9.17, 15) is 9.18 Å². The predicted molar refractivity (Wildman–Crippen MR) is 84.5 cm³/mol. The van der Waals surface area contributed by atoms with Crippen LogP contribution in [0.3, 0.4) is 0 Å². The highest BCUT2D eigenvalue weighted by atomic mass is 35.5. The van der Waals surface area contributed by atoms with Crippen LogP contribution in [-0.2, 0) is 15.1 Å². The number of anilines is 1. The minimum Gasteiger partial charge on any atom is -0.361 e. The molecule has 22 heavy (non-hydrogen) atoms. The van der Waals surface area contributed by atoms with Gasteiger partial charge in [-0.05, 0) is 49.2 Å². The van der Waals surface area contributed by atoms with E-state index in [1.54, 1.807) is 12.1 Å². The van der Waals surface area contributed by atoms with Gasteiger partial charge in [0.15, 0.2) is 0 Å². The van der Waals surface area contributed by atoms with Crippen LogP contribution in [0.25, 0.3) is 11.1 Å². The molecule has 0 fully saturated rings. The first-order valence-electron chi connectivity index (χ1n) is 6.90. The maximum absolute atomic E-state index is 13.3. The largest absolute Gasteiger partial charge is 0.361 e. The molecule has 0 saturated heterocycles. The van der Waals surface area contributed by atoms with E-state index in [4.69, 9.17) is 16.3 Å². The van der Waals surface area contributed by atoms with Crippen LogP contribution in [-0.4, -0.2) is 12.5 Å². The number of nitrogens with one attached hydrogen (secondary N) is 1. The van der Waals surface area contributed by atoms with Gasteiger partial charge in [-0.15, -0.1) is 0 Å². The molecule has 0 aromatic heterocycles. The minimum absolute atomic E-state index is 0.0133. The van der Waals surface area contributed by atoms with E-state index < -0.39 is 11.4 Å². The molecular weight excluding hydrogens is 305 g/mol. The number of amides is 1. The van der Waals surface area contributed by atoms with Gasteiger partial charge in [-0.25, -0.2) is 4.39 Å². The summed E-state index contributed by atoms with van der Waals surface area (Å²) in [5, 5.41) is 2.91. The number of benzene rings is 2. The van der Waals surface area contributed by atoms with Crippen molar-refractivity contribution in [3.05, 3.63) is 52.8 Å². The van der Waals surface area contributed by atoms with Gasteiger partial charge >= 0.3 is 0 Å². The van der Waals surface area contributed by atoms with E-state index in [2.05, 4.69) is 5.32 Å². The van der Waals surface area contributed by atoms with Gasteiger partial charge in [-0.3, -0.25) is 4.79 Å². The molecule has 5 heteroatoms. The van der Waals surface area contributed by atoms with Crippen LogP contribution in [0.15, 0.2) is 36.4 Å². The van der Waals surface area contributed by atoms with Crippen LogP contribution < -0.4 is 5.32 Å². The van der Waals surface area contributed by atoms with Crippen molar-refractivity contribution < 1.29 is 13.9 Å². The fourth-order valence-electron chi connectivity index (χ4n) is 2.52. The van der Waals surface area contributed by atoms with Crippen molar-refractivity contribution in [3.8, 4) is 11.1 Å². The smallest absolute Gasteiger partial charge is 0.250 e. The molecule has 1 heterocycles. The molecule has 2 aromatic carbocycles. The quantitative estimate of drug-likeness (QED) is 0.848. The lowest BCUT2D eigenvalue weighted by Crippen LogP contribution is -2.22. The standard InChI is InChI=1S/C17H15ClFNO2/c1-17(2)12-7-10(11-3-5-14(19)13(18)8-11)4-6-15(12)20-16(21)9-22-17/h3-8H,9H2,1-2H3,(H,20,21). The number of ether oxygens (including phenoxy) is 1. The number of halogens is 2. The zero-order chi connectivity index (χ0) is 15.9. The van der Waals surface area contributed by atoms with Gasteiger partial charge in [0.05, 0.1) is 10.6 Å². The third-order valence-corrected chi connectivity index (χ3v) is 4.05. The Morgan fingerprint density at radius 1 is 1.18 bits per heavy atom. The molecule has 0 saturated carbocycles. The molecule has 0 aliphatic carbocycles. The normalized spacial score (nSPS) is 16.6. The fraction of sp³-hybridized carbons (Fsp3) is 0.235. The second-order valence-corrected chi connectivity index (χ2v) is 6.14. The monoisotopic (exact) mass is 319 g/mol. The molecule has 3 nitrogen and oxygen atoms in total. The van der Waals surface area contributed by atoms with Crippen LogP contribution in [0.1, 0.15) is 19.4 Å². The summed E-state index contributed by atoms with van der Waals surface area (Å²) >= 11 is 5.85. The lowest BCUT2D eigenvalue weighted by Gasteiger charge is -2.25. The third-order valence-electron chi connectivity index (χ3n) is 3.76. The van der Waals surface area contributed by atoms with Crippen molar-refractivity contribution >= 4 is 23.2 Å². The lowest BCUT2D eigenvalue weighted by molar-refractivity contribution is -0.125. The molecule has 1 aliphatic rings. The molecule has 1 N–H and O–H groups in total. The minimum atomic E-state index is -0.603. The van der Waals surface area contributed by atoms with Crippen molar-refractivity contribution in [1.82, 2.24) is 0 Å². The Kier molecular flexibility index (Phi) is 3.67. The average Bonchev–Trinajstić information content (AvgIpc) is 2.59. The number of hydrogen-bond donors (Lipinski definition) is 1. The first-order valence-corrected chi connectivity index (χ1v) is 7.28. The number of carbonyl (C=O) groups is 1. The Bertz CT molecular complexity index is 758. The molecular formula is C17H15ClFNO2. The maximum atomic E-state index is 13.3. The molecule has 0 atom stereocenters. The highest BCUT2D eigenvalue weighted by Crippen LogP contribution is 2.37. The van der Waals surface area contributed by atoms with E-state index in [0.29, 0.717) is 0 Å². The van der Waals surface area contributed by atoms with Crippen LogP contribution in [0, 0.1) is 5.82 Å². The highest BCUT2D eigenvalue weighted by Gasteiger charge is 2.29. The van der Waals surface area contributed by atoms with Crippen LogP contribution in [0.4, 0.5) is 10.1 Å². The Morgan fingerprint density at radius 3 is 2.59 bits per heavy atom. The van der Waals surface area contributed by atoms with E-state index in [1.807, 2.05) is 32.0 Å². The molecule has 3 rings (SSSR count). The summed E-state index contributed by atoms with van der Waals surface area (Å²) in [6, 6.07) is 10.2. The van der Waals surface area contributed by atoms with Gasteiger partial charge in [-0.2, -0.15) is 0 Å². The van der Waals surface area contributed by atoms with Crippen LogP contribution in [0.5, 0.6) is 0 Å². The summed E-state index contributed by atoms with van der Waals surface area (Å²) in [4.78, 5) is 11.7. The SMILES string of the molecule is CC1(C)OCC(=O)Nc2ccc(-c3ccc(F)c(Cl)c3)cc21. The van der Waals surface area contributed by atoms with Crippen LogP contribution in [0.2, 0.25) is 5.02 Å². The second kappa shape index (κ2) is 5.38. The Morgan fingerprint density at radius 2 is 1.86 bits per heavy atom. The van der Waals surface area contributed by atoms with Gasteiger partial charge in [0.25, 0.3) is 0 Å². The van der Waals surface area contributed by atoms with E-state index in [-0.39, 0.29) is 17.5 Å². The number of rotatable bonds is 1. The summed E-state index contributed by atoms with van der Waals surface area (Å²) in [5.74, 6) is -0.625. The highest BCUT2D eigenvalue weighted by molar-refractivity contribution is 6.31. The Hall–Kier alpha value is -1.91. The fourth-order valence-corrected chi connectivity index (χ4v) is 2.70. The Labute approximate surface area is 133 Å². The van der Waals surface area contributed by atoms with Gasteiger partial charge in [-0.1, -0.05) is 23.7 Å². The molecule has 2 aromatic rings. The summed E-state index contributed by atoms with van der Waals surface area (Å²) < 4.78 is 19.0. The molecule has 1 amide bonds. The molecule has 114 valence electrons. The number of hydrogen-bond acceptors (Lipinski definition) is 2. The Balaban J connectivity index is 2.11. The topological polar surface area (TPSA) is 38.3 Å². The number of fused-ring (bicyclic) bond motifs is 1. The maximum Gasteiger partial charge on any atom is 0.250 e. The van der Waals surface area contributed by atoms with Crippen molar-refractivity contribution in [3.63, 3.8) is 0 Å². The lowest BCUT2D eigenvalue weighted by atomic mass is 9.92. The van der Waals surface area contributed by atoms with Gasteiger partial charge in [0, 0.05) is 11.3 Å². The zero-order valence-corrected chi connectivity index (χ0v) is 13.0. The summed E-state index contributed by atoms with van der Waals surface area (Å²) in [5.41, 5.74) is 2.68. The molecule has 0 unspecified atom stereocenters. The van der Waals surface area contributed by atoms with Gasteiger partial charge in [0.1, 0.15) is 12.4 Å². The van der Waals surface area contributed by atoms with E-state index >= 15 is 0 Å². The summed E-state index contributed by atoms with van der Waals surface area (Å²) in [6.07, 6.45) is 0. The second-order valence-electron chi connectivity index (χ2n) is 5.74. The van der Waals surface area contributed by atoms with Crippen molar-refractivity contribution in [2.24, 2.45) is 0 Å². The summed E-state index contributed by atoms with van der Waals surface area (Å²) in [6.45, 7) is 3.83. The van der Waals surface area contributed by atoms with Gasteiger partial charge < -0.3 is 10.1 Å². The average molecular weight is 320 g/mol. The van der Waals surface area contributed by atoms with Crippen LogP contribution >= 0.6 is 11.6 Å². The first-order chi connectivity index (χ1) is 10.4. The molecule has 0 spiro atoms. The first kappa shape index (κ1) is 15.0. The van der Waals surface area contributed by atoms with Crippen molar-refractivity contribution in [1.29, 1.82) is 0 Å². The summed E-state index contributed by atoms with van der Waals surface area (Å²) in [7, 11) is 0. The van der Waals surface area contributed by atoms with Gasteiger partial charge in [0.2, 0.25) is 5.91 Å². The van der Waals surface area contributed by atoms with Crippen molar-refractivity contribution in [2.45, 2.75) is 19.4 Å². The van der Waals surface area contributed by atoms with E-state index in [0.717, 1.165) is 22.4 Å². The predicted octanol–water partition coefficient (Wildman–Crippen LogP) is 4.35. The van der Waals surface area contributed by atoms with Crippen molar-refractivity contribution in [2.75, 3.05) is 11.9 Å².